The molecule has 0 saturated heterocycles. The van der Waals surface area contributed by atoms with Crippen LogP contribution in [0.15, 0.2) is 35.8 Å². The van der Waals surface area contributed by atoms with Crippen LogP contribution in [0.1, 0.15) is 0 Å². The van der Waals surface area contributed by atoms with Crippen LogP contribution < -0.4 is 4.46 Å². The standard InChI is InChI=1S/C8H8OSe/c1-2-10-8-5-3-7(9)4-6-8/h2-6,9H,1H2. The first-order valence-corrected chi connectivity index (χ1v) is 4.74. The Labute approximate surface area is 66.5 Å². The van der Waals surface area contributed by atoms with Gasteiger partial charge in [-0.1, -0.05) is 0 Å². The van der Waals surface area contributed by atoms with Crippen LogP contribution in [-0.2, 0) is 0 Å². The number of aromatic hydroxyl groups is 1. The Balaban J connectivity index is 2.78. The summed E-state index contributed by atoms with van der Waals surface area (Å²) in [5, 5.41) is 8.91. The minimum absolute atomic E-state index is 0.323. The molecule has 0 aliphatic heterocycles. The fourth-order valence-corrected chi connectivity index (χ4v) is 1.64. The van der Waals surface area contributed by atoms with E-state index in [-0.39, 0.29) is 0 Å². The van der Waals surface area contributed by atoms with Crippen LogP contribution in [-0.4, -0.2) is 20.1 Å². The molecule has 0 amide bonds. The normalized spacial score (nSPS) is 9.20. The quantitative estimate of drug-likeness (QED) is 0.700. The Bertz CT molecular complexity index is 215. The van der Waals surface area contributed by atoms with Gasteiger partial charge in [-0.25, -0.2) is 0 Å². The molecule has 52 valence electrons. The van der Waals surface area contributed by atoms with E-state index < -0.39 is 0 Å². The fourth-order valence-electron chi connectivity index (χ4n) is 0.621. The molecular formula is C8H8OSe. The van der Waals surface area contributed by atoms with Gasteiger partial charge in [0, 0.05) is 0 Å². The van der Waals surface area contributed by atoms with E-state index in [2.05, 4.69) is 6.58 Å². The Kier molecular flexibility index (Phi) is 2.55. The maximum atomic E-state index is 8.91. The summed E-state index contributed by atoms with van der Waals surface area (Å²) in [7, 11) is 0. The van der Waals surface area contributed by atoms with Crippen molar-refractivity contribution in [2.75, 3.05) is 0 Å². The number of rotatable bonds is 2. The molecule has 1 aromatic carbocycles. The molecule has 0 aliphatic rings. The van der Waals surface area contributed by atoms with Gasteiger partial charge in [0.1, 0.15) is 0 Å². The molecule has 0 heterocycles. The molecule has 1 aromatic rings. The van der Waals surface area contributed by atoms with Crippen molar-refractivity contribution in [3.05, 3.63) is 35.8 Å². The molecule has 2 heteroatoms. The first kappa shape index (κ1) is 7.39. The first-order valence-electron chi connectivity index (χ1n) is 2.89. The molecule has 1 rings (SSSR count). The summed E-state index contributed by atoms with van der Waals surface area (Å²) in [5.74, 6) is 0.323. The summed E-state index contributed by atoms with van der Waals surface area (Å²) in [6, 6.07) is 7.22. The molecule has 1 N–H and O–H groups in total. The summed E-state index contributed by atoms with van der Waals surface area (Å²) in [6.07, 6.45) is 0. The van der Waals surface area contributed by atoms with Gasteiger partial charge in [0.05, 0.1) is 0 Å². The number of phenols is 1. The van der Waals surface area contributed by atoms with Crippen LogP contribution in [0.5, 0.6) is 5.75 Å². The average molecular weight is 199 g/mol. The molecule has 10 heavy (non-hydrogen) atoms. The monoisotopic (exact) mass is 200 g/mol. The second-order valence-corrected chi connectivity index (χ2v) is 3.96. The van der Waals surface area contributed by atoms with Crippen molar-refractivity contribution >= 4 is 19.4 Å². The van der Waals surface area contributed by atoms with Gasteiger partial charge in [-0.05, 0) is 0 Å². The van der Waals surface area contributed by atoms with Crippen LogP contribution in [0, 0.1) is 0 Å². The second-order valence-electron chi connectivity index (χ2n) is 1.78. The van der Waals surface area contributed by atoms with Gasteiger partial charge < -0.3 is 0 Å². The molecule has 0 aromatic heterocycles. The topological polar surface area (TPSA) is 20.2 Å². The number of phenolic OH excluding ortho intramolecular Hbond substituents is 1. The number of benzene rings is 1. The van der Waals surface area contributed by atoms with E-state index in [4.69, 9.17) is 5.11 Å². The summed E-state index contributed by atoms with van der Waals surface area (Å²) < 4.78 is 1.24. The van der Waals surface area contributed by atoms with Crippen LogP contribution in [0.25, 0.3) is 0 Å². The molecular weight excluding hydrogens is 191 g/mol. The van der Waals surface area contributed by atoms with Crippen molar-refractivity contribution in [2.45, 2.75) is 0 Å². The first-order chi connectivity index (χ1) is 4.83. The van der Waals surface area contributed by atoms with E-state index >= 15 is 0 Å². The molecule has 0 aliphatic carbocycles. The fraction of sp³-hybridized carbons (Fsp3) is 0. The summed E-state index contributed by atoms with van der Waals surface area (Å²) in [6.45, 7) is 3.64. The molecule has 0 spiro atoms. The van der Waals surface area contributed by atoms with Gasteiger partial charge >= 0.3 is 66.1 Å². The van der Waals surface area contributed by atoms with Crippen molar-refractivity contribution in [2.24, 2.45) is 0 Å². The third-order valence-corrected chi connectivity index (χ3v) is 2.55. The predicted molar refractivity (Wildman–Crippen MR) is 43.7 cm³/mol. The van der Waals surface area contributed by atoms with E-state index in [0.717, 1.165) is 0 Å². The van der Waals surface area contributed by atoms with Gasteiger partial charge in [0.2, 0.25) is 0 Å². The third-order valence-electron chi connectivity index (χ3n) is 1.06. The summed E-state index contributed by atoms with van der Waals surface area (Å²) in [4.78, 5) is 1.90. The van der Waals surface area contributed by atoms with Crippen molar-refractivity contribution in [3.8, 4) is 5.75 Å². The van der Waals surface area contributed by atoms with Crippen LogP contribution >= 0.6 is 0 Å². The van der Waals surface area contributed by atoms with E-state index in [9.17, 15) is 0 Å². The second kappa shape index (κ2) is 3.45. The van der Waals surface area contributed by atoms with Crippen molar-refractivity contribution < 1.29 is 5.11 Å². The van der Waals surface area contributed by atoms with E-state index in [1.165, 1.54) is 4.46 Å². The predicted octanol–water partition coefficient (Wildman–Crippen LogP) is 0.865. The van der Waals surface area contributed by atoms with E-state index in [1.807, 2.05) is 17.1 Å². The molecule has 0 atom stereocenters. The van der Waals surface area contributed by atoms with Gasteiger partial charge in [0.25, 0.3) is 0 Å². The van der Waals surface area contributed by atoms with Crippen molar-refractivity contribution in [3.63, 3.8) is 0 Å². The van der Waals surface area contributed by atoms with E-state index in [0.29, 0.717) is 20.7 Å². The molecule has 0 saturated carbocycles. The SMILES string of the molecule is C=C[Se]c1ccc(O)cc1. The Morgan fingerprint density at radius 2 is 1.90 bits per heavy atom. The Morgan fingerprint density at radius 1 is 1.30 bits per heavy atom. The summed E-state index contributed by atoms with van der Waals surface area (Å²) >= 11 is 0.355. The number of hydrogen-bond donors (Lipinski definition) is 1. The van der Waals surface area contributed by atoms with Crippen LogP contribution in [0.3, 0.4) is 0 Å². The van der Waals surface area contributed by atoms with Gasteiger partial charge in [-0.15, -0.1) is 0 Å². The van der Waals surface area contributed by atoms with Crippen LogP contribution in [0.2, 0.25) is 0 Å². The van der Waals surface area contributed by atoms with Gasteiger partial charge in [0.15, 0.2) is 0 Å². The molecule has 1 nitrogen and oxygen atoms in total. The van der Waals surface area contributed by atoms with Crippen LogP contribution in [0.4, 0.5) is 0 Å². The van der Waals surface area contributed by atoms with Gasteiger partial charge in [-0.2, -0.15) is 0 Å². The average Bonchev–Trinajstić information content (AvgIpc) is 1.95. The third kappa shape index (κ3) is 1.90. The minimum atomic E-state index is 0.323. The van der Waals surface area contributed by atoms with Crippen molar-refractivity contribution in [1.29, 1.82) is 0 Å². The molecule has 0 bridgehead atoms. The van der Waals surface area contributed by atoms with Gasteiger partial charge in [-0.3, -0.25) is 0 Å². The maximum absolute atomic E-state index is 8.91. The molecule has 0 fully saturated rings. The van der Waals surface area contributed by atoms with E-state index in [1.54, 1.807) is 12.1 Å². The van der Waals surface area contributed by atoms with Crippen molar-refractivity contribution in [1.82, 2.24) is 0 Å². The zero-order valence-electron chi connectivity index (χ0n) is 5.45. The Hall–Kier alpha value is -0.721. The summed E-state index contributed by atoms with van der Waals surface area (Å²) in [5.41, 5.74) is 0. The molecule has 0 radical (unpaired) electrons. The Morgan fingerprint density at radius 3 is 2.40 bits per heavy atom. The zero-order valence-corrected chi connectivity index (χ0v) is 7.16. The zero-order chi connectivity index (χ0) is 7.40. The number of hydrogen-bond acceptors (Lipinski definition) is 1. The molecule has 0 unspecified atom stereocenters.